The molecule has 144 valence electrons. The Labute approximate surface area is 165 Å². The molecule has 1 aromatic heterocycles. The quantitative estimate of drug-likeness (QED) is 0.768. The molecule has 1 aromatic carbocycles. The molecule has 0 bridgehead atoms. The van der Waals surface area contributed by atoms with E-state index in [1.807, 2.05) is 25.2 Å². The van der Waals surface area contributed by atoms with Crippen LogP contribution in [0.4, 0.5) is 14.5 Å². The number of aryl methyl sites for hydroxylation is 1. The molecule has 4 nitrogen and oxygen atoms in total. The van der Waals surface area contributed by atoms with Crippen molar-refractivity contribution in [2.45, 2.75) is 31.6 Å². The zero-order valence-electron chi connectivity index (χ0n) is 15.2. The van der Waals surface area contributed by atoms with Crippen molar-refractivity contribution in [1.82, 2.24) is 4.98 Å². The molecule has 0 saturated heterocycles. The Balaban J connectivity index is 1.71. The highest BCUT2D eigenvalue weighted by molar-refractivity contribution is 7.14. The average Bonchev–Trinajstić information content (AvgIpc) is 3.06. The molecule has 2 unspecified atom stereocenters. The molecule has 0 aliphatic heterocycles. The Morgan fingerprint density at radius 1 is 1.36 bits per heavy atom. The normalized spacial score (nSPS) is 23.2. The van der Waals surface area contributed by atoms with E-state index in [-0.39, 0.29) is 10.9 Å². The molecule has 2 atom stereocenters. The number of nitrogens with zero attached hydrogens (tertiary/aromatic N) is 1. The first-order valence-corrected chi connectivity index (χ1v) is 9.86. The van der Waals surface area contributed by atoms with Gasteiger partial charge in [-0.05, 0) is 37.3 Å². The molecular weight excluding hydrogens is 382 g/mol. The number of hydrogen-bond donors (Lipinski definition) is 1. The van der Waals surface area contributed by atoms with E-state index in [1.165, 1.54) is 17.4 Å². The fourth-order valence-corrected chi connectivity index (χ4v) is 5.13. The third-order valence-corrected chi connectivity index (χ3v) is 6.75. The summed E-state index contributed by atoms with van der Waals surface area (Å²) < 4.78 is 27.7. The van der Waals surface area contributed by atoms with Crippen LogP contribution in [0.3, 0.4) is 0 Å². The van der Waals surface area contributed by atoms with Gasteiger partial charge in [-0.15, -0.1) is 11.3 Å². The fourth-order valence-electron chi connectivity index (χ4n) is 3.94. The lowest BCUT2D eigenvalue weighted by atomic mass is 9.71. The number of amides is 1. The van der Waals surface area contributed by atoms with Crippen LogP contribution in [-0.4, -0.2) is 17.2 Å². The molecule has 1 N–H and O–H groups in total. The van der Waals surface area contributed by atoms with Gasteiger partial charge >= 0.3 is 0 Å². The van der Waals surface area contributed by atoms with Gasteiger partial charge < -0.3 is 5.32 Å². The number of halogens is 2. The molecule has 0 radical (unpaired) electrons. The molecule has 0 fully saturated rings. The summed E-state index contributed by atoms with van der Waals surface area (Å²) in [6.45, 7) is 2.05. The molecule has 0 saturated carbocycles. The first kappa shape index (κ1) is 18.7. The lowest BCUT2D eigenvalue weighted by molar-refractivity contribution is -0.104. The fraction of sp³-hybridized carbons (Fsp3) is 0.286. The summed E-state index contributed by atoms with van der Waals surface area (Å²) in [7, 11) is 0. The average molecular weight is 400 g/mol. The molecular formula is C21H18F2N2O2S. The number of aromatic nitrogens is 1. The van der Waals surface area contributed by atoms with Crippen LogP contribution in [0.1, 0.15) is 40.1 Å². The van der Waals surface area contributed by atoms with E-state index in [2.05, 4.69) is 10.3 Å². The van der Waals surface area contributed by atoms with Crippen molar-refractivity contribution in [1.29, 1.82) is 0 Å². The van der Waals surface area contributed by atoms with Crippen LogP contribution in [0.5, 0.6) is 0 Å². The molecule has 1 heterocycles. The number of anilines is 1. The maximum Gasteiger partial charge on any atom is 0.284 e. The van der Waals surface area contributed by atoms with Crippen molar-refractivity contribution in [3.05, 3.63) is 69.2 Å². The number of allylic oxidation sites excluding steroid dienone is 4. The van der Waals surface area contributed by atoms with Crippen molar-refractivity contribution in [3.63, 3.8) is 0 Å². The van der Waals surface area contributed by atoms with Gasteiger partial charge in [0.2, 0.25) is 0 Å². The zero-order chi connectivity index (χ0) is 19.9. The highest BCUT2D eigenvalue weighted by Gasteiger charge is 2.40. The molecule has 1 amide bonds. The molecule has 2 aromatic rings. The van der Waals surface area contributed by atoms with Gasteiger partial charge in [0, 0.05) is 15.9 Å². The van der Waals surface area contributed by atoms with Crippen LogP contribution < -0.4 is 5.32 Å². The van der Waals surface area contributed by atoms with Gasteiger partial charge in [-0.3, -0.25) is 9.59 Å². The molecule has 2 aliphatic rings. The third-order valence-electron chi connectivity index (χ3n) is 5.40. The minimum atomic E-state index is -0.838. The summed E-state index contributed by atoms with van der Waals surface area (Å²) in [4.78, 5) is 29.3. The molecule has 4 rings (SSSR count). The number of fused-ring (bicyclic) bond motifs is 3. The minimum Gasteiger partial charge on any atom is -0.315 e. The van der Waals surface area contributed by atoms with E-state index in [0.717, 1.165) is 48.3 Å². The molecule has 2 aliphatic carbocycles. The van der Waals surface area contributed by atoms with Crippen molar-refractivity contribution in [3.8, 4) is 0 Å². The van der Waals surface area contributed by atoms with Crippen molar-refractivity contribution in [2.75, 3.05) is 5.32 Å². The molecule has 7 heteroatoms. The summed E-state index contributed by atoms with van der Waals surface area (Å²) in [5, 5.41) is 2.45. The number of aldehydes is 1. The summed E-state index contributed by atoms with van der Waals surface area (Å²) in [6.07, 6.45) is 9.23. The summed E-state index contributed by atoms with van der Waals surface area (Å²) >= 11 is 1.22. The van der Waals surface area contributed by atoms with Crippen LogP contribution in [0.25, 0.3) is 0 Å². The largest absolute Gasteiger partial charge is 0.315 e. The predicted molar refractivity (Wildman–Crippen MR) is 103 cm³/mol. The van der Waals surface area contributed by atoms with Crippen molar-refractivity contribution in [2.24, 2.45) is 5.92 Å². The number of rotatable bonds is 3. The second-order valence-corrected chi connectivity index (χ2v) is 8.25. The van der Waals surface area contributed by atoms with Crippen LogP contribution in [0.2, 0.25) is 0 Å². The van der Waals surface area contributed by atoms with Gasteiger partial charge in [0.05, 0.1) is 5.69 Å². The van der Waals surface area contributed by atoms with E-state index in [0.29, 0.717) is 5.57 Å². The second-order valence-electron chi connectivity index (χ2n) is 7.25. The maximum atomic E-state index is 13.9. The van der Waals surface area contributed by atoms with Crippen LogP contribution in [-0.2, 0) is 16.6 Å². The van der Waals surface area contributed by atoms with Gasteiger partial charge in [-0.2, -0.15) is 0 Å². The smallest absolute Gasteiger partial charge is 0.284 e. The Morgan fingerprint density at radius 2 is 2.11 bits per heavy atom. The number of para-hydroxylation sites is 1. The van der Waals surface area contributed by atoms with E-state index in [4.69, 9.17) is 0 Å². The minimum absolute atomic E-state index is 0.158. The summed E-state index contributed by atoms with van der Waals surface area (Å²) in [5.41, 5.74) is 0.493. The highest BCUT2D eigenvalue weighted by atomic mass is 32.1. The summed E-state index contributed by atoms with van der Waals surface area (Å²) in [6, 6.07) is 3.41. The SMILES string of the molecule is CC12C=C(C=O)C=CC1CCCc1nc(C(=O)Nc3c(F)cccc3F)sc12. The van der Waals surface area contributed by atoms with E-state index < -0.39 is 28.6 Å². The maximum absolute atomic E-state index is 13.9. The van der Waals surface area contributed by atoms with Gasteiger partial charge in [0.1, 0.15) is 23.6 Å². The van der Waals surface area contributed by atoms with E-state index >= 15 is 0 Å². The standard InChI is InChI=1S/C21H18F2N2O2S/c1-21-10-12(11-26)8-9-13(21)4-2-7-16-18(21)28-20(24-16)19(27)25-17-14(22)5-3-6-15(17)23/h3,5-6,8-11,13H,2,4,7H2,1H3,(H,25,27). The van der Waals surface area contributed by atoms with E-state index in [1.54, 1.807) is 0 Å². The van der Waals surface area contributed by atoms with E-state index in [9.17, 15) is 18.4 Å². The lowest BCUT2D eigenvalue weighted by Crippen LogP contribution is -2.30. The Hall–Kier alpha value is -2.67. The van der Waals surface area contributed by atoms with Crippen molar-refractivity contribution >= 4 is 29.2 Å². The summed E-state index contributed by atoms with van der Waals surface area (Å²) in [5.74, 6) is -2.12. The first-order chi connectivity index (χ1) is 13.4. The van der Waals surface area contributed by atoms with Crippen LogP contribution >= 0.6 is 11.3 Å². The number of benzene rings is 1. The monoisotopic (exact) mass is 400 g/mol. The number of nitrogens with one attached hydrogen (secondary N) is 1. The van der Waals surface area contributed by atoms with Crippen LogP contribution in [0.15, 0.2) is 42.0 Å². The Morgan fingerprint density at radius 3 is 2.82 bits per heavy atom. The number of hydrogen-bond acceptors (Lipinski definition) is 4. The number of carbonyl (C=O) groups is 2. The first-order valence-electron chi connectivity index (χ1n) is 9.04. The Bertz CT molecular complexity index is 1010. The molecule has 28 heavy (non-hydrogen) atoms. The van der Waals surface area contributed by atoms with Crippen molar-refractivity contribution < 1.29 is 18.4 Å². The Kier molecular flexibility index (Phi) is 4.71. The highest BCUT2D eigenvalue weighted by Crippen LogP contribution is 2.47. The topological polar surface area (TPSA) is 59.1 Å². The third kappa shape index (κ3) is 3.09. The van der Waals surface area contributed by atoms with Gasteiger partial charge in [0.25, 0.3) is 5.91 Å². The van der Waals surface area contributed by atoms with Gasteiger partial charge in [-0.1, -0.05) is 31.2 Å². The number of thiazole rings is 1. The zero-order valence-corrected chi connectivity index (χ0v) is 16.0. The van der Waals surface area contributed by atoms with Gasteiger partial charge in [0.15, 0.2) is 5.01 Å². The van der Waals surface area contributed by atoms with Crippen LogP contribution in [0, 0.1) is 17.6 Å². The van der Waals surface area contributed by atoms with Gasteiger partial charge in [-0.25, -0.2) is 13.8 Å². The predicted octanol–water partition coefficient (Wildman–Crippen LogP) is 4.58. The second kappa shape index (κ2) is 7.05. The number of carbonyl (C=O) groups excluding carboxylic acids is 2. The molecule has 0 spiro atoms. The lowest BCUT2D eigenvalue weighted by Gasteiger charge is -2.34.